The van der Waals surface area contributed by atoms with Gasteiger partial charge in [-0.2, -0.15) is 10.2 Å². The van der Waals surface area contributed by atoms with Crippen molar-refractivity contribution in [2.24, 2.45) is 10.2 Å². The van der Waals surface area contributed by atoms with E-state index >= 15 is 0 Å². The third-order valence-corrected chi connectivity index (χ3v) is 4.76. The maximum atomic E-state index is 11.5. The molecule has 4 aromatic rings. The Hall–Kier alpha value is -5.18. The molecule has 0 saturated heterocycles. The van der Waals surface area contributed by atoms with Crippen LogP contribution in [0.3, 0.4) is 0 Å². The summed E-state index contributed by atoms with van der Waals surface area (Å²) < 4.78 is 18.3. The number of rotatable bonds is 12. The SMILES string of the molecule is O=c1[nH][nH]c(=O)n1N=Cc1ccccc1OCCOCCOc1ccccc1C=Nn1c(=O)[nH][nH]c1=O. The normalized spacial score (nSPS) is 11.5. The Morgan fingerprint density at radius 3 is 1.38 bits per heavy atom. The highest BCUT2D eigenvalue weighted by Gasteiger charge is 2.05. The molecule has 15 nitrogen and oxygen atoms in total. The summed E-state index contributed by atoms with van der Waals surface area (Å²) in [7, 11) is 0. The van der Waals surface area contributed by atoms with Crippen molar-refractivity contribution in [1.82, 2.24) is 29.7 Å². The summed E-state index contributed by atoms with van der Waals surface area (Å²) in [5.74, 6) is 0.999. The number of hydrogen-bond acceptors (Lipinski definition) is 9. The van der Waals surface area contributed by atoms with Crippen molar-refractivity contribution in [3.63, 3.8) is 0 Å². The van der Waals surface area contributed by atoms with Crippen LogP contribution in [0.4, 0.5) is 0 Å². The highest BCUT2D eigenvalue weighted by molar-refractivity contribution is 5.83. The van der Waals surface area contributed by atoms with Crippen LogP contribution >= 0.6 is 0 Å². The van der Waals surface area contributed by atoms with Crippen LogP contribution in [0, 0.1) is 0 Å². The van der Waals surface area contributed by atoms with Gasteiger partial charge in [-0.05, 0) is 24.3 Å². The Morgan fingerprint density at radius 1 is 0.595 bits per heavy atom. The topological polar surface area (TPSA) is 194 Å². The number of H-pyrrole nitrogens is 4. The lowest BCUT2D eigenvalue weighted by Crippen LogP contribution is -2.22. The average molecular weight is 510 g/mol. The third-order valence-electron chi connectivity index (χ3n) is 4.76. The molecule has 0 fully saturated rings. The molecule has 37 heavy (non-hydrogen) atoms. The van der Waals surface area contributed by atoms with Crippen LogP contribution in [0.15, 0.2) is 77.9 Å². The van der Waals surface area contributed by atoms with E-state index in [0.29, 0.717) is 32.0 Å². The van der Waals surface area contributed by atoms with Gasteiger partial charge in [0.15, 0.2) is 0 Å². The monoisotopic (exact) mass is 510 g/mol. The molecule has 0 atom stereocenters. The van der Waals surface area contributed by atoms with Crippen molar-refractivity contribution in [3.05, 3.63) is 102 Å². The number of benzene rings is 2. The Balaban J connectivity index is 1.23. The van der Waals surface area contributed by atoms with Gasteiger partial charge in [-0.25, -0.2) is 39.6 Å². The summed E-state index contributed by atoms with van der Waals surface area (Å²) in [5, 5.41) is 16.3. The van der Waals surface area contributed by atoms with E-state index in [-0.39, 0.29) is 26.4 Å². The van der Waals surface area contributed by atoms with Crippen LogP contribution in [0.2, 0.25) is 0 Å². The van der Waals surface area contributed by atoms with Gasteiger partial charge in [-0.1, -0.05) is 24.3 Å². The first-order chi connectivity index (χ1) is 18.0. The molecule has 0 spiro atoms. The van der Waals surface area contributed by atoms with Gasteiger partial charge >= 0.3 is 22.8 Å². The Bertz CT molecular complexity index is 1440. The van der Waals surface area contributed by atoms with Gasteiger partial charge in [0.2, 0.25) is 0 Å². The molecule has 0 unspecified atom stereocenters. The molecule has 192 valence electrons. The predicted molar refractivity (Wildman–Crippen MR) is 132 cm³/mol. The smallest absolute Gasteiger partial charge is 0.365 e. The summed E-state index contributed by atoms with van der Waals surface area (Å²) in [6.07, 6.45) is 2.69. The van der Waals surface area contributed by atoms with E-state index in [1.165, 1.54) is 12.4 Å². The zero-order valence-electron chi connectivity index (χ0n) is 19.2. The highest BCUT2D eigenvalue weighted by Crippen LogP contribution is 2.16. The van der Waals surface area contributed by atoms with Crippen molar-refractivity contribution >= 4 is 12.4 Å². The molecule has 4 rings (SSSR count). The molecular weight excluding hydrogens is 488 g/mol. The minimum absolute atomic E-state index is 0.235. The van der Waals surface area contributed by atoms with Gasteiger partial charge in [0, 0.05) is 11.1 Å². The molecule has 0 aliphatic carbocycles. The van der Waals surface area contributed by atoms with Crippen LogP contribution in [0.5, 0.6) is 11.5 Å². The van der Waals surface area contributed by atoms with Crippen molar-refractivity contribution in [3.8, 4) is 11.5 Å². The number of hydrogen-bond donors (Lipinski definition) is 4. The second-order valence-corrected chi connectivity index (χ2v) is 7.22. The lowest BCUT2D eigenvalue weighted by molar-refractivity contribution is 0.0764. The lowest BCUT2D eigenvalue weighted by atomic mass is 10.2. The number of nitrogens with zero attached hydrogens (tertiary/aromatic N) is 4. The van der Waals surface area contributed by atoms with Crippen LogP contribution in [0.1, 0.15) is 11.1 Å². The van der Waals surface area contributed by atoms with Crippen molar-refractivity contribution < 1.29 is 14.2 Å². The number of nitrogens with one attached hydrogen (secondary N) is 4. The number of para-hydroxylation sites is 2. The summed E-state index contributed by atoms with van der Waals surface area (Å²) in [6.45, 7) is 1.01. The summed E-state index contributed by atoms with van der Waals surface area (Å²) in [5.41, 5.74) is -1.60. The van der Waals surface area contributed by atoms with Crippen LogP contribution in [-0.2, 0) is 4.74 Å². The van der Waals surface area contributed by atoms with Gasteiger partial charge in [0.05, 0.1) is 25.6 Å². The van der Waals surface area contributed by atoms with Gasteiger partial charge in [0.1, 0.15) is 24.7 Å². The molecule has 0 aliphatic rings. The summed E-state index contributed by atoms with van der Waals surface area (Å²) in [6, 6.07) is 14.0. The molecule has 2 aromatic heterocycles. The fourth-order valence-corrected chi connectivity index (χ4v) is 3.02. The molecule has 15 heteroatoms. The van der Waals surface area contributed by atoms with E-state index in [4.69, 9.17) is 14.2 Å². The first-order valence-corrected chi connectivity index (χ1v) is 10.9. The second-order valence-electron chi connectivity index (χ2n) is 7.22. The Morgan fingerprint density at radius 2 is 0.973 bits per heavy atom. The minimum atomic E-state index is -0.684. The Labute approximate surface area is 206 Å². The fourth-order valence-electron chi connectivity index (χ4n) is 3.02. The van der Waals surface area contributed by atoms with Crippen molar-refractivity contribution in [2.75, 3.05) is 26.4 Å². The second kappa shape index (κ2) is 12.0. The zero-order valence-corrected chi connectivity index (χ0v) is 19.2. The lowest BCUT2D eigenvalue weighted by Gasteiger charge is -2.11. The van der Waals surface area contributed by atoms with Gasteiger partial charge < -0.3 is 14.2 Å². The molecule has 0 aliphatic heterocycles. The molecule has 0 bridgehead atoms. The zero-order chi connectivity index (χ0) is 26.0. The van der Waals surface area contributed by atoms with Crippen molar-refractivity contribution in [1.29, 1.82) is 0 Å². The van der Waals surface area contributed by atoms with E-state index < -0.39 is 22.8 Å². The quantitative estimate of drug-likeness (QED) is 0.143. The van der Waals surface area contributed by atoms with E-state index in [1.54, 1.807) is 48.5 Å². The standard InChI is InChI=1S/C22H22N8O7/c31-19-25-26-20(32)29(19)23-13-15-5-1-3-7-17(15)36-11-9-35-10-12-37-18-8-4-2-6-16(18)14-24-30-21(33)27-28-22(30)34/h1-8,13-14H,9-12H2,(H,25,31)(H,26,32)(H,27,33)(H,28,34). The maximum absolute atomic E-state index is 11.5. The molecule has 0 radical (unpaired) electrons. The highest BCUT2D eigenvalue weighted by atomic mass is 16.5. The molecule has 2 aromatic carbocycles. The van der Waals surface area contributed by atoms with Crippen LogP contribution in [0.25, 0.3) is 0 Å². The van der Waals surface area contributed by atoms with Gasteiger partial charge in [0.25, 0.3) is 0 Å². The minimum Gasteiger partial charge on any atom is -0.491 e. The fraction of sp³-hybridized carbons (Fsp3) is 0.182. The first kappa shape index (κ1) is 24.9. The number of ether oxygens (including phenoxy) is 3. The number of aromatic nitrogens is 6. The molecule has 2 heterocycles. The van der Waals surface area contributed by atoms with E-state index in [1.807, 2.05) is 0 Å². The van der Waals surface area contributed by atoms with Crippen LogP contribution < -0.4 is 32.2 Å². The van der Waals surface area contributed by atoms with Crippen molar-refractivity contribution in [2.45, 2.75) is 0 Å². The molecule has 0 amide bonds. The van der Waals surface area contributed by atoms with Gasteiger partial charge in [-0.3, -0.25) is 0 Å². The van der Waals surface area contributed by atoms with E-state index in [9.17, 15) is 19.2 Å². The van der Waals surface area contributed by atoms with Gasteiger partial charge in [-0.15, -0.1) is 9.35 Å². The Kier molecular flexibility index (Phi) is 8.07. The van der Waals surface area contributed by atoms with E-state index in [0.717, 1.165) is 0 Å². The predicted octanol–water partition coefficient (Wildman–Crippen LogP) is -0.718. The summed E-state index contributed by atoms with van der Waals surface area (Å²) >= 11 is 0. The first-order valence-electron chi connectivity index (χ1n) is 10.9. The average Bonchev–Trinajstić information content (AvgIpc) is 3.40. The van der Waals surface area contributed by atoms with Crippen LogP contribution in [-0.4, -0.2) is 68.6 Å². The third kappa shape index (κ3) is 6.49. The molecule has 4 N–H and O–H groups in total. The van der Waals surface area contributed by atoms with E-state index in [2.05, 4.69) is 30.6 Å². The molecular formula is C22H22N8O7. The maximum Gasteiger partial charge on any atom is 0.365 e. The summed E-state index contributed by atoms with van der Waals surface area (Å²) in [4.78, 5) is 46.1. The largest absolute Gasteiger partial charge is 0.491 e. The number of aromatic amines is 4. The molecule has 0 saturated carbocycles.